The van der Waals surface area contributed by atoms with Crippen LogP contribution in [-0.4, -0.2) is 22.6 Å². The van der Waals surface area contributed by atoms with E-state index in [1.54, 1.807) is 24.3 Å². The van der Waals surface area contributed by atoms with E-state index in [-0.39, 0.29) is 5.97 Å². The fourth-order valence-electron chi connectivity index (χ4n) is 2.50. The van der Waals surface area contributed by atoms with E-state index >= 15 is 0 Å². The van der Waals surface area contributed by atoms with Crippen molar-refractivity contribution in [2.75, 3.05) is 12.4 Å². The molecule has 1 heterocycles. The number of hydrogen-bond donors (Lipinski definition) is 1. The number of hydrogen-bond acceptors (Lipinski definition) is 5. The van der Waals surface area contributed by atoms with Crippen LogP contribution in [0.15, 0.2) is 42.5 Å². The van der Waals surface area contributed by atoms with Crippen molar-refractivity contribution in [3.05, 3.63) is 59.4 Å². The van der Waals surface area contributed by atoms with E-state index in [0.29, 0.717) is 17.7 Å². The van der Waals surface area contributed by atoms with Crippen LogP contribution < -0.4 is 5.32 Å². The first-order valence-corrected chi connectivity index (χ1v) is 7.40. The minimum Gasteiger partial charge on any atom is -0.465 e. The maximum absolute atomic E-state index is 11.6. The second-order valence-electron chi connectivity index (χ2n) is 5.32. The van der Waals surface area contributed by atoms with Crippen LogP contribution in [0.25, 0.3) is 11.0 Å². The van der Waals surface area contributed by atoms with Gasteiger partial charge in [-0.2, -0.15) is 5.26 Å². The summed E-state index contributed by atoms with van der Waals surface area (Å²) >= 11 is 0. The van der Waals surface area contributed by atoms with Gasteiger partial charge >= 0.3 is 5.97 Å². The van der Waals surface area contributed by atoms with Crippen LogP contribution in [0.5, 0.6) is 0 Å². The fraction of sp³-hybridized carbons (Fsp3) is 0.167. The fourth-order valence-corrected chi connectivity index (χ4v) is 2.50. The highest BCUT2D eigenvalue weighted by atomic mass is 16.5. The van der Waals surface area contributed by atoms with E-state index in [2.05, 4.69) is 16.4 Å². The minimum absolute atomic E-state index is 0.375. The summed E-state index contributed by atoms with van der Waals surface area (Å²) in [5.74, 6) is 0.469. The average molecular weight is 320 g/mol. The highest BCUT2D eigenvalue weighted by molar-refractivity contribution is 5.93. The molecule has 6 heteroatoms. The summed E-state index contributed by atoms with van der Waals surface area (Å²) in [6.45, 7) is 0.532. The first-order chi connectivity index (χ1) is 11.6. The Morgan fingerprint density at radius 2 is 2.04 bits per heavy atom. The van der Waals surface area contributed by atoms with Gasteiger partial charge < -0.3 is 14.6 Å². The van der Waals surface area contributed by atoms with Gasteiger partial charge in [-0.25, -0.2) is 9.78 Å². The molecule has 1 N–H and O–H groups in total. The van der Waals surface area contributed by atoms with Gasteiger partial charge in [-0.05, 0) is 42.5 Å². The molecule has 6 nitrogen and oxygen atoms in total. The van der Waals surface area contributed by atoms with E-state index in [9.17, 15) is 4.79 Å². The molecule has 1 aromatic heterocycles. The number of methoxy groups -OCH3 is 1. The topological polar surface area (TPSA) is 79.9 Å². The van der Waals surface area contributed by atoms with E-state index in [0.717, 1.165) is 22.5 Å². The van der Waals surface area contributed by atoms with Crippen molar-refractivity contribution in [1.29, 1.82) is 5.26 Å². The number of carbonyl (C=O) groups is 1. The number of rotatable bonds is 4. The molecule has 0 saturated carbocycles. The molecule has 2 aromatic carbocycles. The molecule has 0 amide bonds. The molecule has 0 aliphatic heterocycles. The van der Waals surface area contributed by atoms with Crippen LogP contribution in [0.2, 0.25) is 0 Å². The van der Waals surface area contributed by atoms with Crippen molar-refractivity contribution >= 4 is 22.7 Å². The Labute approximate surface area is 139 Å². The van der Waals surface area contributed by atoms with Gasteiger partial charge in [0.05, 0.1) is 41.9 Å². The van der Waals surface area contributed by atoms with Gasteiger partial charge in [0.15, 0.2) is 0 Å². The van der Waals surface area contributed by atoms with Crippen LogP contribution in [0.3, 0.4) is 0 Å². The minimum atomic E-state index is -0.375. The number of nitrogens with one attached hydrogen (secondary N) is 1. The Bertz CT molecular complexity index is 936. The third kappa shape index (κ3) is 2.92. The van der Waals surface area contributed by atoms with Crippen molar-refractivity contribution in [2.24, 2.45) is 7.05 Å². The van der Waals surface area contributed by atoms with E-state index in [4.69, 9.17) is 10.00 Å². The van der Waals surface area contributed by atoms with Crippen LogP contribution in [-0.2, 0) is 18.3 Å². The van der Waals surface area contributed by atoms with Crippen LogP contribution in [0.4, 0.5) is 5.69 Å². The van der Waals surface area contributed by atoms with Crippen molar-refractivity contribution in [3.63, 3.8) is 0 Å². The molecule has 0 fully saturated rings. The van der Waals surface area contributed by atoms with Crippen LogP contribution in [0.1, 0.15) is 21.7 Å². The predicted octanol–water partition coefficient (Wildman–Crippen LogP) is 2.84. The highest BCUT2D eigenvalue weighted by Crippen LogP contribution is 2.18. The monoisotopic (exact) mass is 320 g/mol. The Morgan fingerprint density at radius 1 is 1.29 bits per heavy atom. The molecule has 3 aromatic rings. The van der Waals surface area contributed by atoms with Crippen molar-refractivity contribution in [2.45, 2.75) is 6.54 Å². The summed E-state index contributed by atoms with van der Waals surface area (Å²) in [4.78, 5) is 16.2. The molecule has 0 aliphatic carbocycles. The SMILES string of the molecule is COC(=O)c1ccc2c(c1)nc(CNc1ccc(C#N)cc1)n2C. The number of nitriles is 1. The largest absolute Gasteiger partial charge is 0.465 e. The second-order valence-corrected chi connectivity index (χ2v) is 5.32. The number of carbonyl (C=O) groups excluding carboxylic acids is 1. The summed E-state index contributed by atoms with van der Waals surface area (Å²) in [5, 5.41) is 12.1. The molecule has 0 unspecified atom stereocenters. The molecule has 120 valence electrons. The number of nitrogens with zero attached hydrogens (tertiary/aromatic N) is 3. The number of esters is 1. The highest BCUT2D eigenvalue weighted by Gasteiger charge is 2.11. The van der Waals surface area contributed by atoms with Gasteiger partial charge in [0.25, 0.3) is 0 Å². The third-order valence-electron chi connectivity index (χ3n) is 3.86. The van der Waals surface area contributed by atoms with Crippen molar-refractivity contribution in [3.8, 4) is 6.07 Å². The summed E-state index contributed by atoms with van der Waals surface area (Å²) in [6, 6.07) is 14.7. The Balaban J connectivity index is 1.82. The molecule has 3 rings (SSSR count). The third-order valence-corrected chi connectivity index (χ3v) is 3.86. The van der Waals surface area contributed by atoms with Gasteiger partial charge in [0.1, 0.15) is 5.82 Å². The zero-order valence-corrected chi connectivity index (χ0v) is 13.4. The number of ether oxygens (including phenoxy) is 1. The molecule has 24 heavy (non-hydrogen) atoms. The Kier molecular flexibility index (Phi) is 4.17. The number of fused-ring (bicyclic) bond motifs is 1. The van der Waals surface area contributed by atoms with Gasteiger partial charge in [0.2, 0.25) is 0 Å². The normalized spacial score (nSPS) is 10.4. The standard InChI is InChI=1S/C18H16N4O2/c1-22-16-8-5-13(18(23)24-2)9-15(16)21-17(22)11-20-14-6-3-12(10-19)4-7-14/h3-9,20H,11H2,1-2H3. The predicted molar refractivity (Wildman–Crippen MR) is 90.5 cm³/mol. The summed E-state index contributed by atoms with van der Waals surface area (Å²) in [7, 11) is 3.29. The van der Waals surface area contributed by atoms with Gasteiger partial charge in [-0.15, -0.1) is 0 Å². The maximum Gasteiger partial charge on any atom is 0.337 e. The van der Waals surface area contributed by atoms with E-state index in [1.807, 2.05) is 29.8 Å². The zero-order valence-electron chi connectivity index (χ0n) is 13.4. The molecular formula is C18H16N4O2. The van der Waals surface area contributed by atoms with Crippen LogP contribution >= 0.6 is 0 Å². The van der Waals surface area contributed by atoms with E-state index < -0.39 is 0 Å². The summed E-state index contributed by atoms with van der Waals surface area (Å²) in [5.41, 5.74) is 3.71. The lowest BCUT2D eigenvalue weighted by atomic mass is 10.2. The summed E-state index contributed by atoms with van der Waals surface area (Å²) in [6.07, 6.45) is 0. The molecular weight excluding hydrogens is 304 g/mol. The molecule has 0 radical (unpaired) electrons. The lowest BCUT2D eigenvalue weighted by molar-refractivity contribution is 0.0601. The quantitative estimate of drug-likeness (QED) is 0.748. The zero-order chi connectivity index (χ0) is 17.1. The Morgan fingerprint density at radius 3 is 2.71 bits per heavy atom. The van der Waals surface area contributed by atoms with Gasteiger partial charge in [-0.3, -0.25) is 0 Å². The molecule has 0 spiro atoms. The van der Waals surface area contributed by atoms with Crippen molar-refractivity contribution in [1.82, 2.24) is 9.55 Å². The van der Waals surface area contributed by atoms with Crippen molar-refractivity contribution < 1.29 is 9.53 Å². The number of anilines is 1. The Hall–Kier alpha value is -3.33. The first-order valence-electron chi connectivity index (χ1n) is 7.40. The van der Waals surface area contributed by atoms with Crippen LogP contribution in [0, 0.1) is 11.3 Å². The molecule has 0 bridgehead atoms. The number of benzene rings is 2. The second kappa shape index (κ2) is 6.42. The molecule has 0 aliphatic rings. The summed E-state index contributed by atoms with van der Waals surface area (Å²) < 4.78 is 6.72. The molecule has 0 atom stereocenters. The number of imidazole rings is 1. The first kappa shape index (κ1) is 15.6. The average Bonchev–Trinajstić information content (AvgIpc) is 2.95. The van der Waals surface area contributed by atoms with Gasteiger partial charge in [-0.1, -0.05) is 0 Å². The van der Waals surface area contributed by atoms with Gasteiger partial charge in [0, 0.05) is 12.7 Å². The molecule has 0 saturated heterocycles. The smallest absolute Gasteiger partial charge is 0.337 e. The lowest BCUT2D eigenvalue weighted by Gasteiger charge is -2.06. The number of aromatic nitrogens is 2. The number of aryl methyl sites for hydroxylation is 1. The maximum atomic E-state index is 11.6. The lowest BCUT2D eigenvalue weighted by Crippen LogP contribution is -2.05. The van der Waals surface area contributed by atoms with E-state index in [1.165, 1.54) is 7.11 Å².